The lowest BCUT2D eigenvalue weighted by Gasteiger charge is -2.35. The van der Waals surface area contributed by atoms with Crippen molar-refractivity contribution in [3.8, 4) is 16.9 Å². The molecule has 4 rings (SSSR count). The fourth-order valence-electron chi connectivity index (χ4n) is 3.43. The second kappa shape index (κ2) is 9.14. The largest absolute Gasteiger partial charge is 0.463 e. The van der Waals surface area contributed by atoms with Gasteiger partial charge in [0.1, 0.15) is 29.4 Å². The van der Waals surface area contributed by atoms with Crippen LogP contribution in [0.5, 0.6) is 5.75 Å². The molecule has 0 spiro atoms. The molecule has 4 aromatic rings. The zero-order valence-electron chi connectivity index (χ0n) is 17.2. The highest BCUT2D eigenvalue weighted by Gasteiger charge is 2.58. The Morgan fingerprint density at radius 1 is 0.971 bits per heavy atom. The van der Waals surface area contributed by atoms with Crippen LogP contribution >= 0.6 is 0 Å². The van der Waals surface area contributed by atoms with Gasteiger partial charge in [-0.05, 0) is 46.3 Å². The summed E-state index contributed by atoms with van der Waals surface area (Å²) in [7, 11) is 0. The summed E-state index contributed by atoms with van der Waals surface area (Å²) < 4.78 is 77.2. The van der Waals surface area contributed by atoms with E-state index in [0.29, 0.717) is 17.2 Å². The first kappa shape index (κ1) is 23.2. The van der Waals surface area contributed by atoms with Crippen molar-refractivity contribution in [3.05, 3.63) is 90.0 Å². The van der Waals surface area contributed by atoms with E-state index in [0.717, 1.165) is 35.4 Å². The topological polar surface area (TPSA) is 86.0 Å². The average molecular weight is 477 g/mol. The number of benzene rings is 2. The van der Waals surface area contributed by atoms with Gasteiger partial charge >= 0.3 is 5.92 Å². The van der Waals surface area contributed by atoms with Crippen LogP contribution in [-0.2, 0) is 18.1 Å². The van der Waals surface area contributed by atoms with Crippen LogP contribution in [0, 0.1) is 11.6 Å². The second-order valence-electron chi connectivity index (χ2n) is 7.28. The Kier molecular flexibility index (Phi) is 6.24. The number of hydrogen-bond acceptors (Lipinski definition) is 6. The van der Waals surface area contributed by atoms with Gasteiger partial charge in [-0.1, -0.05) is 18.2 Å². The highest BCUT2D eigenvalue weighted by atomic mass is 19.3. The van der Waals surface area contributed by atoms with Crippen molar-refractivity contribution >= 4 is 0 Å². The number of ether oxygens (including phenoxy) is 1. The van der Waals surface area contributed by atoms with Crippen molar-refractivity contribution in [1.82, 2.24) is 25.2 Å². The van der Waals surface area contributed by atoms with E-state index in [1.165, 1.54) is 18.2 Å². The first-order valence-electron chi connectivity index (χ1n) is 9.77. The number of alkyl halides is 3. The lowest BCUT2D eigenvalue weighted by molar-refractivity contribution is -0.207. The number of aromatic nitrogens is 5. The lowest BCUT2D eigenvalue weighted by Crippen LogP contribution is -2.48. The number of halogens is 5. The van der Waals surface area contributed by atoms with Gasteiger partial charge < -0.3 is 9.84 Å². The standard InChI is InChI=1S/C22H16F5N5O2/c23-12-34-17-5-1-14(2-6-17)15-3-8-20(28-10-15)22(26,27)21(33,11-32-13-29-30-31-32)18-7-4-16(24)9-19(18)25/h1-10,13,33H,11-12H2. The summed E-state index contributed by atoms with van der Waals surface area (Å²) in [6, 6.07) is 10.4. The maximum atomic E-state index is 15.7. The second-order valence-corrected chi connectivity index (χ2v) is 7.28. The van der Waals surface area contributed by atoms with E-state index in [9.17, 15) is 18.3 Å². The maximum Gasteiger partial charge on any atom is 0.323 e. The third-order valence-electron chi connectivity index (χ3n) is 5.17. The van der Waals surface area contributed by atoms with Crippen molar-refractivity contribution < 1.29 is 31.8 Å². The minimum Gasteiger partial charge on any atom is -0.463 e. The van der Waals surface area contributed by atoms with Gasteiger partial charge in [0, 0.05) is 23.4 Å². The molecule has 2 aromatic carbocycles. The van der Waals surface area contributed by atoms with Crippen molar-refractivity contribution in [3.63, 3.8) is 0 Å². The van der Waals surface area contributed by atoms with Crippen LogP contribution in [0.25, 0.3) is 11.1 Å². The molecule has 0 aliphatic rings. The molecular formula is C22H16F5N5O2. The Bertz CT molecular complexity index is 1250. The molecule has 2 heterocycles. The monoisotopic (exact) mass is 477 g/mol. The van der Waals surface area contributed by atoms with Crippen LogP contribution in [0.1, 0.15) is 11.3 Å². The van der Waals surface area contributed by atoms with E-state index in [2.05, 4.69) is 20.5 Å². The molecule has 1 atom stereocenters. The third-order valence-corrected chi connectivity index (χ3v) is 5.17. The smallest absolute Gasteiger partial charge is 0.323 e. The highest BCUT2D eigenvalue weighted by Crippen LogP contribution is 2.46. The molecule has 2 aromatic heterocycles. The molecule has 0 fully saturated rings. The summed E-state index contributed by atoms with van der Waals surface area (Å²) in [6.45, 7) is -1.94. The molecule has 7 nitrogen and oxygen atoms in total. The number of rotatable bonds is 8. The molecule has 12 heteroatoms. The number of pyridine rings is 1. The molecule has 0 saturated carbocycles. The molecule has 0 saturated heterocycles. The number of aliphatic hydroxyl groups is 1. The molecule has 0 radical (unpaired) electrons. The predicted octanol–water partition coefficient (Wildman–Crippen LogP) is 4.00. The van der Waals surface area contributed by atoms with Gasteiger partial charge in [-0.3, -0.25) is 4.98 Å². The lowest BCUT2D eigenvalue weighted by atomic mass is 9.84. The van der Waals surface area contributed by atoms with Gasteiger partial charge in [0.05, 0.1) is 6.54 Å². The Morgan fingerprint density at radius 3 is 2.29 bits per heavy atom. The van der Waals surface area contributed by atoms with E-state index < -0.39 is 47.8 Å². The molecule has 1 N–H and O–H groups in total. The van der Waals surface area contributed by atoms with E-state index in [4.69, 9.17) is 4.74 Å². The first-order chi connectivity index (χ1) is 16.2. The molecule has 0 aliphatic carbocycles. The van der Waals surface area contributed by atoms with Gasteiger partial charge in [-0.15, -0.1) is 5.10 Å². The summed E-state index contributed by atoms with van der Waals surface area (Å²) in [5, 5.41) is 21.3. The van der Waals surface area contributed by atoms with Crippen molar-refractivity contribution in [2.75, 3.05) is 6.86 Å². The molecule has 0 bridgehead atoms. The van der Waals surface area contributed by atoms with Gasteiger partial charge in [0.2, 0.25) is 6.86 Å². The van der Waals surface area contributed by atoms with Crippen LogP contribution in [0.2, 0.25) is 0 Å². The zero-order chi connectivity index (χ0) is 24.3. The normalized spacial score (nSPS) is 13.5. The van der Waals surface area contributed by atoms with E-state index >= 15 is 8.78 Å². The molecule has 176 valence electrons. The summed E-state index contributed by atoms with van der Waals surface area (Å²) in [5.41, 5.74) is -3.91. The van der Waals surface area contributed by atoms with Crippen molar-refractivity contribution in [1.29, 1.82) is 0 Å². The molecule has 34 heavy (non-hydrogen) atoms. The molecule has 1 unspecified atom stereocenters. The Labute approximate surface area is 189 Å². The first-order valence-corrected chi connectivity index (χ1v) is 9.77. The Balaban J connectivity index is 1.72. The fourth-order valence-corrected chi connectivity index (χ4v) is 3.43. The quantitative estimate of drug-likeness (QED) is 0.386. The summed E-state index contributed by atoms with van der Waals surface area (Å²) in [5.74, 6) is -6.24. The fraction of sp³-hybridized carbons (Fsp3) is 0.182. The van der Waals surface area contributed by atoms with Crippen molar-refractivity contribution in [2.45, 2.75) is 18.1 Å². The zero-order valence-corrected chi connectivity index (χ0v) is 17.2. The average Bonchev–Trinajstić information content (AvgIpc) is 3.32. The summed E-state index contributed by atoms with van der Waals surface area (Å²) >= 11 is 0. The van der Waals surface area contributed by atoms with Crippen LogP contribution in [0.3, 0.4) is 0 Å². The molecule has 0 aliphatic heterocycles. The third kappa shape index (κ3) is 4.31. The van der Waals surface area contributed by atoms with Crippen LogP contribution in [0.15, 0.2) is 67.1 Å². The molecule has 0 amide bonds. The Morgan fingerprint density at radius 2 is 1.71 bits per heavy atom. The van der Waals surface area contributed by atoms with Crippen LogP contribution < -0.4 is 4.74 Å². The minimum atomic E-state index is -4.16. The van der Waals surface area contributed by atoms with Gasteiger partial charge in [-0.2, -0.15) is 8.78 Å². The number of hydrogen-bond donors (Lipinski definition) is 1. The van der Waals surface area contributed by atoms with Gasteiger partial charge in [-0.25, -0.2) is 17.9 Å². The Hall–Kier alpha value is -3.93. The predicted molar refractivity (Wildman–Crippen MR) is 108 cm³/mol. The number of nitrogens with zero attached hydrogens (tertiary/aromatic N) is 5. The minimum absolute atomic E-state index is 0.288. The van der Waals surface area contributed by atoms with E-state index in [-0.39, 0.29) is 5.75 Å². The van der Waals surface area contributed by atoms with E-state index in [1.54, 1.807) is 12.1 Å². The SMILES string of the molecule is OC(Cn1cnnn1)(c1ccc(F)cc1F)C(F)(F)c1ccc(-c2ccc(OCF)cc2)cn1. The van der Waals surface area contributed by atoms with Crippen LogP contribution in [-0.4, -0.2) is 37.2 Å². The van der Waals surface area contributed by atoms with E-state index in [1.807, 2.05) is 0 Å². The van der Waals surface area contributed by atoms with Crippen LogP contribution in [0.4, 0.5) is 22.0 Å². The maximum absolute atomic E-state index is 15.7. The molecular weight excluding hydrogens is 461 g/mol. The van der Waals surface area contributed by atoms with Gasteiger partial charge in [0.15, 0.2) is 5.60 Å². The van der Waals surface area contributed by atoms with Crippen molar-refractivity contribution in [2.24, 2.45) is 0 Å². The van der Waals surface area contributed by atoms with Gasteiger partial charge in [0.25, 0.3) is 0 Å². The number of tetrazole rings is 1. The summed E-state index contributed by atoms with van der Waals surface area (Å²) in [6.07, 6.45) is 2.11. The summed E-state index contributed by atoms with van der Waals surface area (Å²) in [4.78, 5) is 3.79. The highest BCUT2D eigenvalue weighted by molar-refractivity contribution is 5.63.